The SMILES string of the molecule is CN(C)c1ccc2c(c1)S(C)(C)C1=CC(=[N+](C)C)C=CC1=C2c1cc(Cc2ccc(COc3cc(N)ccn3)cc2)ccc1C(=O)O. The van der Waals surface area contributed by atoms with Gasteiger partial charge in [-0.1, -0.05) is 36.4 Å². The van der Waals surface area contributed by atoms with Gasteiger partial charge in [0.25, 0.3) is 0 Å². The Balaban J connectivity index is 1.41. The van der Waals surface area contributed by atoms with Crippen molar-refractivity contribution in [2.24, 2.45) is 0 Å². The number of benzene rings is 3. The molecule has 0 amide bonds. The molecule has 0 saturated heterocycles. The first-order valence-electron chi connectivity index (χ1n) is 15.4. The predicted molar refractivity (Wildman–Crippen MR) is 194 cm³/mol. The molecule has 2 heterocycles. The second kappa shape index (κ2) is 12.6. The van der Waals surface area contributed by atoms with Gasteiger partial charge in [-0.3, -0.25) is 0 Å². The van der Waals surface area contributed by atoms with Crippen LogP contribution in [0.3, 0.4) is 0 Å². The minimum atomic E-state index is -1.42. The third-order valence-corrected chi connectivity index (χ3v) is 11.6. The van der Waals surface area contributed by atoms with E-state index in [0.717, 1.165) is 50.4 Å². The summed E-state index contributed by atoms with van der Waals surface area (Å²) in [6.45, 7) is 0.384. The molecule has 3 N–H and O–H groups in total. The number of hydrogen-bond acceptors (Lipinski definition) is 5. The molecular formula is C39H41N4O3S+. The van der Waals surface area contributed by atoms with Crippen LogP contribution in [0.25, 0.3) is 5.57 Å². The average Bonchev–Trinajstić information content (AvgIpc) is 3.04. The van der Waals surface area contributed by atoms with Crippen LogP contribution in [0.2, 0.25) is 0 Å². The Bertz CT molecular complexity index is 2020. The lowest BCUT2D eigenvalue weighted by atomic mass is 9.86. The van der Waals surface area contributed by atoms with Gasteiger partial charge in [-0.2, -0.15) is 10.0 Å². The summed E-state index contributed by atoms with van der Waals surface area (Å²) in [6, 6.07) is 24.1. The number of nitrogen functional groups attached to an aromatic ring is 1. The van der Waals surface area contributed by atoms with Crippen LogP contribution in [0, 0.1) is 0 Å². The number of carbonyl (C=O) groups is 1. The molecule has 1 aliphatic heterocycles. The van der Waals surface area contributed by atoms with E-state index in [4.69, 9.17) is 10.5 Å². The van der Waals surface area contributed by atoms with E-state index in [1.54, 1.807) is 24.4 Å². The molecule has 1 aromatic heterocycles. The van der Waals surface area contributed by atoms with Crippen LogP contribution in [-0.2, 0) is 13.0 Å². The molecular weight excluding hydrogens is 605 g/mol. The molecule has 2 aliphatic rings. The zero-order valence-electron chi connectivity index (χ0n) is 27.7. The van der Waals surface area contributed by atoms with E-state index >= 15 is 0 Å². The van der Waals surface area contributed by atoms with E-state index in [9.17, 15) is 9.90 Å². The number of pyridine rings is 1. The van der Waals surface area contributed by atoms with E-state index in [1.165, 1.54) is 9.80 Å². The van der Waals surface area contributed by atoms with Gasteiger partial charge in [0, 0.05) is 59.7 Å². The zero-order valence-corrected chi connectivity index (χ0v) is 28.6. The summed E-state index contributed by atoms with van der Waals surface area (Å²) in [6.07, 6.45) is 13.6. The summed E-state index contributed by atoms with van der Waals surface area (Å²) in [4.78, 5) is 21.6. The van der Waals surface area contributed by atoms with Crippen molar-refractivity contribution >= 4 is 38.7 Å². The standard InChI is InChI=1S/C39H40N4O3S/c1-42(2)29-12-15-32-35(22-29)47(5,6)36-23-30(43(3)4)13-16-33(36)38(32)34-20-27(11-14-31(34)39(44)45)19-25-7-9-26(10-8-25)24-46-37-21-28(40)17-18-41-37/h7-18,20-23H,19,24H2,1-6H3,(H2-,40,41,44,45)/p+1. The summed E-state index contributed by atoms with van der Waals surface area (Å²) in [5.41, 5.74) is 16.1. The molecule has 0 fully saturated rings. The largest absolute Gasteiger partial charge is 0.478 e. The van der Waals surface area contributed by atoms with Gasteiger partial charge in [-0.05, 0) is 94.3 Å². The number of hydrogen-bond donors (Lipinski definition) is 2. The minimum absolute atomic E-state index is 0.298. The van der Waals surface area contributed by atoms with Gasteiger partial charge in [-0.15, -0.1) is 0 Å². The molecule has 7 nitrogen and oxygen atoms in total. The van der Waals surface area contributed by atoms with E-state index in [2.05, 4.69) is 110 Å². The molecule has 0 unspecified atom stereocenters. The van der Waals surface area contributed by atoms with Crippen molar-refractivity contribution in [3.8, 4) is 5.88 Å². The second-order valence-electron chi connectivity index (χ2n) is 12.7. The molecule has 8 heteroatoms. The number of nitrogens with zero attached hydrogens (tertiary/aromatic N) is 3. The van der Waals surface area contributed by atoms with Crippen LogP contribution in [0.15, 0.2) is 113 Å². The monoisotopic (exact) mass is 645 g/mol. The number of aromatic carboxylic acids is 1. The number of aromatic nitrogens is 1. The van der Waals surface area contributed by atoms with Crippen LogP contribution in [-0.4, -0.2) is 67.0 Å². The van der Waals surface area contributed by atoms with E-state index in [1.807, 2.05) is 18.2 Å². The predicted octanol–water partition coefficient (Wildman–Crippen LogP) is 7.00. The fourth-order valence-corrected chi connectivity index (χ4v) is 8.64. The highest BCUT2D eigenvalue weighted by molar-refractivity contribution is 8.36. The Kier molecular flexibility index (Phi) is 8.55. The van der Waals surface area contributed by atoms with Crippen molar-refractivity contribution in [1.29, 1.82) is 0 Å². The Hall–Kier alpha value is -5.08. The number of rotatable bonds is 8. The van der Waals surface area contributed by atoms with Gasteiger partial charge < -0.3 is 20.5 Å². The Morgan fingerprint density at radius 3 is 2.32 bits per heavy atom. The van der Waals surface area contributed by atoms with Crippen molar-refractivity contribution in [3.05, 3.63) is 141 Å². The molecule has 0 saturated carbocycles. The Morgan fingerprint density at radius 1 is 0.915 bits per heavy atom. The number of nitrogens with two attached hydrogens (primary N) is 1. The molecule has 0 spiro atoms. The smallest absolute Gasteiger partial charge is 0.336 e. The molecule has 4 aromatic rings. The van der Waals surface area contributed by atoms with Gasteiger partial charge in [0.1, 0.15) is 20.7 Å². The summed E-state index contributed by atoms with van der Waals surface area (Å²) >= 11 is 0. The number of carboxylic acids is 1. The molecule has 0 atom stereocenters. The molecule has 47 heavy (non-hydrogen) atoms. The summed E-state index contributed by atoms with van der Waals surface area (Å²) < 4.78 is 7.93. The quantitative estimate of drug-likeness (QED) is 0.201. The van der Waals surface area contributed by atoms with Crippen LogP contribution in [0.5, 0.6) is 5.88 Å². The lowest BCUT2D eigenvalue weighted by molar-refractivity contribution is -0.462. The third-order valence-electron chi connectivity index (χ3n) is 8.76. The number of fused-ring (bicyclic) bond motifs is 2. The van der Waals surface area contributed by atoms with E-state index in [0.29, 0.717) is 30.2 Å². The highest BCUT2D eigenvalue weighted by atomic mass is 32.3. The molecule has 240 valence electrons. The number of allylic oxidation sites excluding steroid dienone is 4. The van der Waals surface area contributed by atoms with Gasteiger partial charge in [-0.25, -0.2) is 14.4 Å². The fourth-order valence-electron chi connectivity index (χ4n) is 6.13. The van der Waals surface area contributed by atoms with Gasteiger partial charge in [0.15, 0.2) is 0 Å². The lowest BCUT2D eigenvalue weighted by Crippen LogP contribution is -2.20. The topological polar surface area (TPSA) is 91.7 Å². The first-order valence-corrected chi connectivity index (χ1v) is 17.9. The first kappa shape index (κ1) is 31.9. The fraction of sp³-hybridized carbons (Fsp3) is 0.205. The molecule has 0 radical (unpaired) electrons. The highest BCUT2D eigenvalue weighted by Crippen LogP contribution is 2.66. The van der Waals surface area contributed by atoms with Crippen molar-refractivity contribution in [1.82, 2.24) is 4.98 Å². The molecule has 6 rings (SSSR count). The summed E-state index contributed by atoms with van der Waals surface area (Å²) in [5.74, 6) is -0.447. The number of ether oxygens (including phenoxy) is 1. The second-order valence-corrected chi connectivity index (χ2v) is 16.3. The highest BCUT2D eigenvalue weighted by Gasteiger charge is 2.37. The molecule has 0 bridgehead atoms. The van der Waals surface area contributed by atoms with Crippen molar-refractivity contribution in [3.63, 3.8) is 0 Å². The van der Waals surface area contributed by atoms with Crippen molar-refractivity contribution in [2.45, 2.75) is 17.9 Å². The normalized spacial score (nSPS) is 15.4. The van der Waals surface area contributed by atoms with Gasteiger partial charge >= 0.3 is 5.97 Å². The molecule has 1 aliphatic carbocycles. The maximum absolute atomic E-state index is 12.7. The maximum atomic E-state index is 12.7. The van der Waals surface area contributed by atoms with E-state index < -0.39 is 16.0 Å². The van der Waals surface area contributed by atoms with Crippen LogP contribution >= 0.6 is 10.0 Å². The van der Waals surface area contributed by atoms with Crippen LogP contribution < -0.4 is 15.4 Å². The van der Waals surface area contributed by atoms with Gasteiger partial charge in [0.2, 0.25) is 11.6 Å². The maximum Gasteiger partial charge on any atom is 0.336 e. The number of carboxylic acid groups (broad SMARTS) is 1. The average molecular weight is 646 g/mol. The molecule has 3 aromatic carbocycles. The summed E-state index contributed by atoms with van der Waals surface area (Å²) in [5, 5.41) is 10.4. The Labute approximate surface area is 278 Å². The number of anilines is 2. The zero-order chi connectivity index (χ0) is 33.5. The minimum Gasteiger partial charge on any atom is -0.478 e. The van der Waals surface area contributed by atoms with Crippen molar-refractivity contribution < 1.29 is 19.2 Å². The van der Waals surface area contributed by atoms with E-state index in [-0.39, 0.29) is 0 Å². The van der Waals surface area contributed by atoms with Crippen molar-refractivity contribution in [2.75, 3.05) is 51.3 Å². The van der Waals surface area contributed by atoms with Crippen LogP contribution in [0.4, 0.5) is 11.4 Å². The third kappa shape index (κ3) is 6.33. The first-order chi connectivity index (χ1) is 22.4. The summed E-state index contributed by atoms with van der Waals surface area (Å²) in [7, 11) is 6.80. The van der Waals surface area contributed by atoms with Gasteiger partial charge in [0.05, 0.1) is 5.56 Å². The lowest BCUT2D eigenvalue weighted by Gasteiger charge is -2.43. The Morgan fingerprint density at radius 2 is 1.64 bits per heavy atom. The van der Waals surface area contributed by atoms with Crippen LogP contribution in [0.1, 0.15) is 38.2 Å².